The molecule has 0 saturated carbocycles. The summed E-state index contributed by atoms with van der Waals surface area (Å²) in [6.07, 6.45) is 0. The molecule has 0 atom stereocenters. The first-order valence-electron chi connectivity index (χ1n) is 1.87. The molecule has 0 saturated heterocycles. The van der Waals surface area contributed by atoms with Crippen molar-refractivity contribution in [3.8, 4) is 0 Å². The summed E-state index contributed by atoms with van der Waals surface area (Å²) in [5.41, 5.74) is 0. The van der Waals surface area contributed by atoms with Gasteiger partial charge in [0.2, 0.25) is 0 Å². The summed E-state index contributed by atoms with van der Waals surface area (Å²) in [5, 5.41) is 0. The summed E-state index contributed by atoms with van der Waals surface area (Å²) in [6.45, 7) is 0. The van der Waals surface area contributed by atoms with Crippen LogP contribution in [0.3, 0.4) is 0 Å². The Balaban J connectivity index is 0. The molecule has 0 heterocycles. The zero-order valence-corrected chi connectivity index (χ0v) is 5.97. The van der Waals surface area contributed by atoms with Crippen molar-refractivity contribution >= 4 is 11.4 Å². The molecule has 0 aliphatic rings. The largest absolute Gasteiger partial charge is 0.312 e. The molecule has 0 rings (SSSR count). The van der Waals surface area contributed by atoms with Crippen molar-refractivity contribution in [3.63, 3.8) is 0 Å². The van der Waals surface area contributed by atoms with Crippen LogP contribution >= 0.6 is 0 Å². The van der Waals surface area contributed by atoms with E-state index in [2.05, 4.69) is 0 Å². The Hall–Kier alpha value is 0.0300. The van der Waals surface area contributed by atoms with Gasteiger partial charge in [0.1, 0.15) is 0 Å². The highest BCUT2D eigenvalue weighted by Gasteiger charge is 1.62. The lowest BCUT2D eigenvalue weighted by molar-refractivity contribution is 0.454. The Labute approximate surface area is 51.6 Å². The first kappa shape index (κ1) is 10.9. The van der Waals surface area contributed by atoms with Crippen LogP contribution < -0.4 is 0 Å². The van der Waals surface area contributed by atoms with Crippen LogP contribution in [0.25, 0.3) is 0 Å². The van der Waals surface area contributed by atoms with E-state index >= 15 is 0 Å². The van der Waals surface area contributed by atoms with E-state index in [4.69, 9.17) is 13.3 Å². The topological polar surface area (TPSA) is 60.8 Å². The summed E-state index contributed by atoms with van der Waals surface area (Å²) in [6, 6.07) is 0. The number of rotatable bonds is 0. The van der Waals surface area contributed by atoms with Gasteiger partial charge in [0, 0.05) is 0 Å². The van der Waals surface area contributed by atoms with E-state index in [-0.39, 0.29) is 0 Å². The minimum atomic E-state index is -2.61. The van der Waals surface area contributed by atoms with Crippen molar-refractivity contribution in [2.45, 2.75) is 0 Å². The minimum Gasteiger partial charge on any atom is -0.312 e. The Morgan fingerprint density at radius 1 is 1.25 bits per heavy atom. The molecular formula is C3H11NO3S. The maximum Gasteiger partial charge on any atom is 0.299 e. The minimum absolute atomic E-state index is 2.00. The lowest BCUT2D eigenvalue weighted by atomic mass is 11.0. The third-order valence-electron chi connectivity index (χ3n) is 0. The van der Waals surface area contributed by atoms with Gasteiger partial charge in [0.15, 0.2) is 0 Å². The normalized spacial score (nSPS) is 8.88. The van der Waals surface area contributed by atoms with Crippen molar-refractivity contribution in [1.29, 1.82) is 0 Å². The highest BCUT2D eigenvalue weighted by Crippen LogP contribution is 1.47. The average Bonchev–Trinajstić information content (AvgIpc) is 1.25. The van der Waals surface area contributed by atoms with E-state index in [0.29, 0.717) is 0 Å². The van der Waals surface area contributed by atoms with Crippen LogP contribution in [0.5, 0.6) is 0 Å². The molecule has 5 heteroatoms. The van der Waals surface area contributed by atoms with Crippen LogP contribution in [-0.2, 0) is 11.4 Å². The van der Waals surface area contributed by atoms with Crippen molar-refractivity contribution in [2.24, 2.45) is 0 Å². The van der Waals surface area contributed by atoms with Gasteiger partial charge >= 0.3 is 0 Å². The van der Waals surface area contributed by atoms with Crippen molar-refractivity contribution in [2.75, 3.05) is 21.1 Å². The van der Waals surface area contributed by atoms with Crippen molar-refractivity contribution < 1.29 is 13.3 Å². The van der Waals surface area contributed by atoms with Crippen LogP contribution in [0.2, 0.25) is 0 Å². The molecule has 0 bridgehead atoms. The van der Waals surface area contributed by atoms with Crippen LogP contribution in [0, 0.1) is 0 Å². The number of nitrogens with zero attached hydrogens (tertiary/aromatic N) is 1. The molecule has 0 spiro atoms. The first-order valence-corrected chi connectivity index (χ1v) is 2.94. The van der Waals surface area contributed by atoms with E-state index < -0.39 is 11.4 Å². The van der Waals surface area contributed by atoms with E-state index in [0.717, 1.165) is 0 Å². The molecule has 0 unspecified atom stereocenters. The molecule has 0 radical (unpaired) electrons. The Morgan fingerprint density at radius 3 is 1.25 bits per heavy atom. The summed E-state index contributed by atoms with van der Waals surface area (Å²) in [4.78, 5) is 2.00. The first-order chi connectivity index (χ1) is 3.46. The van der Waals surface area contributed by atoms with Crippen LogP contribution in [-0.4, -0.2) is 39.4 Å². The fraction of sp³-hybridized carbons (Fsp3) is 1.00. The molecule has 52 valence electrons. The molecule has 0 aliphatic carbocycles. The fourth-order valence-corrected chi connectivity index (χ4v) is 0. The Bertz CT molecular complexity index is 58.8. The van der Waals surface area contributed by atoms with Gasteiger partial charge in [-0.15, -0.1) is 0 Å². The zero-order chi connectivity index (χ0) is 7.15. The van der Waals surface area contributed by atoms with Gasteiger partial charge in [-0.05, 0) is 21.1 Å². The zero-order valence-electron chi connectivity index (χ0n) is 5.16. The standard InChI is InChI=1S/C3H9N.H2O3S/c2*1-4(2)3/h1-3H3;(H2,1,2,3). The highest BCUT2D eigenvalue weighted by atomic mass is 32.2. The quantitative estimate of drug-likeness (QED) is 0.461. The Morgan fingerprint density at radius 2 is 1.25 bits per heavy atom. The molecule has 0 aromatic carbocycles. The summed E-state index contributed by atoms with van der Waals surface area (Å²) in [5.74, 6) is 0. The van der Waals surface area contributed by atoms with Gasteiger partial charge in [0.25, 0.3) is 11.4 Å². The highest BCUT2D eigenvalue weighted by molar-refractivity contribution is 7.73. The van der Waals surface area contributed by atoms with E-state index in [1.54, 1.807) is 0 Å². The van der Waals surface area contributed by atoms with E-state index in [1.165, 1.54) is 0 Å². The van der Waals surface area contributed by atoms with Gasteiger partial charge in [0.05, 0.1) is 0 Å². The second-order valence-electron chi connectivity index (χ2n) is 1.57. The summed E-state index contributed by atoms with van der Waals surface area (Å²) in [7, 11) is 6.00. The predicted octanol–water partition coefficient (Wildman–Crippen LogP) is -0.141. The third kappa shape index (κ3) is 170000. The monoisotopic (exact) mass is 141 g/mol. The van der Waals surface area contributed by atoms with Crippen molar-refractivity contribution in [3.05, 3.63) is 0 Å². The fourth-order valence-electron chi connectivity index (χ4n) is 0. The molecule has 0 aliphatic heterocycles. The maximum absolute atomic E-state index is 8.67. The molecule has 2 N–H and O–H groups in total. The lowest BCUT2D eigenvalue weighted by Gasteiger charge is -1.90. The smallest absolute Gasteiger partial charge is 0.299 e. The SMILES string of the molecule is CN(C)C.O=S(O)O. The van der Waals surface area contributed by atoms with Crippen molar-refractivity contribution in [1.82, 2.24) is 4.90 Å². The molecule has 8 heavy (non-hydrogen) atoms. The van der Waals surface area contributed by atoms with Crippen LogP contribution in [0.15, 0.2) is 0 Å². The van der Waals surface area contributed by atoms with Gasteiger partial charge in [-0.2, -0.15) is 4.21 Å². The average molecular weight is 141 g/mol. The van der Waals surface area contributed by atoms with E-state index in [9.17, 15) is 0 Å². The molecule has 0 aromatic heterocycles. The van der Waals surface area contributed by atoms with Crippen LogP contribution in [0.1, 0.15) is 0 Å². The van der Waals surface area contributed by atoms with E-state index in [1.807, 2.05) is 26.0 Å². The molecular weight excluding hydrogens is 130 g/mol. The number of hydrogen-bond donors (Lipinski definition) is 2. The van der Waals surface area contributed by atoms with Crippen LogP contribution in [0.4, 0.5) is 0 Å². The number of hydrogen-bond acceptors (Lipinski definition) is 2. The summed E-state index contributed by atoms with van der Waals surface area (Å²) < 4.78 is 22.8. The lowest BCUT2D eigenvalue weighted by Crippen LogP contribution is -1.99. The molecule has 0 aromatic rings. The summed E-state index contributed by atoms with van der Waals surface area (Å²) >= 11 is -2.61. The second-order valence-corrected chi connectivity index (χ2v) is 2.03. The van der Waals surface area contributed by atoms with Gasteiger partial charge < -0.3 is 4.90 Å². The molecule has 0 amide bonds. The Kier molecular flexibility index (Phi) is 9.59. The third-order valence-corrected chi connectivity index (χ3v) is 0. The second kappa shape index (κ2) is 7.03. The van der Waals surface area contributed by atoms with Gasteiger partial charge in [-0.3, -0.25) is 9.11 Å². The van der Waals surface area contributed by atoms with Gasteiger partial charge in [-0.25, -0.2) is 0 Å². The maximum atomic E-state index is 8.67. The molecule has 0 fully saturated rings. The predicted molar refractivity (Wildman–Crippen MR) is 33.0 cm³/mol. The van der Waals surface area contributed by atoms with Gasteiger partial charge in [-0.1, -0.05) is 0 Å². The molecule has 4 nitrogen and oxygen atoms in total.